The minimum Gasteiger partial charge on any atom is -0.382 e. The van der Waals surface area contributed by atoms with Crippen LogP contribution in [0.4, 0.5) is 5.69 Å². The molecule has 1 aliphatic carbocycles. The molecule has 2 fully saturated rings. The Morgan fingerprint density at radius 1 is 1.00 bits per heavy atom. The molecule has 1 aromatic carbocycles. The number of imidazole rings is 1. The monoisotopic (exact) mass is 488 g/mol. The summed E-state index contributed by atoms with van der Waals surface area (Å²) in [6.07, 6.45) is 4.96. The SMILES string of the molecule is CCc1nc2c(C)cc(C)nc2n1Cc1ccc(N[C@H]2CC[C@@H](C(=O)N3CCN(C)CC3)CC2)cc1. The zero-order valence-corrected chi connectivity index (χ0v) is 22.3. The molecule has 7 nitrogen and oxygen atoms in total. The second-order valence-electron chi connectivity index (χ2n) is 10.7. The van der Waals surface area contributed by atoms with Crippen LogP contribution in [0.25, 0.3) is 11.2 Å². The van der Waals surface area contributed by atoms with E-state index < -0.39 is 0 Å². The van der Waals surface area contributed by atoms with Gasteiger partial charge >= 0.3 is 0 Å². The van der Waals surface area contributed by atoms with Crippen LogP contribution in [0, 0.1) is 19.8 Å². The number of hydrogen-bond acceptors (Lipinski definition) is 5. The first kappa shape index (κ1) is 24.8. The number of likely N-dealkylation sites (N-methyl/N-ethyl adjacent to an activating group) is 1. The van der Waals surface area contributed by atoms with Gasteiger partial charge in [-0.2, -0.15) is 0 Å². The van der Waals surface area contributed by atoms with Crippen LogP contribution in [0.5, 0.6) is 0 Å². The van der Waals surface area contributed by atoms with Crippen molar-refractivity contribution in [1.29, 1.82) is 0 Å². The van der Waals surface area contributed by atoms with E-state index in [0.29, 0.717) is 11.9 Å². The molecular formula is C29H40N6O. The minimum atomic E-state index is 0.201. The summed E-state index contributed by atoms with van der Waals surface area (Å²) in [5.41, 5.74) is 6.61. The van der Waals surface area contributed by atoms with E-state index in [9.17, 15) is 4.79 Å². The Bertz CT molecular complexity index is 1200. The molecule has 1 N–H and O–H groups in total. The molecule has 0 bridgehead atoms. The summed E-state index contributed by atoms with van der Waals surface area (Å²) in [5, 5.41) is 3.72. The Morgan fingerprint density at radius 3 is 2.36 bits per heavy atom. The first-order valence-electron chi connectivity index (χ1n) is 13.6. The van der Waals surface area contributed by atoms with Crippen molar-refractivity contribution in [2.45, 2.75) is 65.5 Å². The number of piperazine rings is 1. The topological polar surface area (TPSA) is 66.3 Å². The van der Waals surface area contributed by atoms with E-state index in [-0.39, 0.29) is 5.92 Å². The van der Waals surface area contributed by atoms with Crippen molar-refractivity contribution in [3.05, 3.63) is 53.0 Å². The number of anilines is 1. The number of rotatable bonds is 6. The molecule has 0 unspecified atom stereocenters. The number of carbonyl (C=O) groups excluding carboxylic acids is 1. The third-order valence-corrected chi connectivity index (χ3v) is 7.97. The van der Waals surface area contributed by atoms with Gasteiger partial charge in [-0.15, -0.1) is 0 Å². The Kier molecular flexibility index (Phi) is 7.28. The molecule has 5 rings (SSSR count). The molecule has 3 heterocycles. The first-order chi connectivity index (χ1) is 17.4. The van der Waals surface area contributed by atoms with Gasteiger partial charge in [0.1, 0.15) is 11.3 Å². The summed E-state index contributed by atoms with van der Waals surface area (Å²) >= 11 is 0. The van der Waals surface area contributed by atoms with Crippen LogP contribution < -0.4 is 5.32 Å². The van der Waals surface area contributed by atoms with Gasteiger partial charge in [-0.1, -0.05) is 19.1 Å². The Labute approximate surface area is 214 Å². The molecule has 1 saturated heterocycles. The molecular weight excluding hydrogens is 448 g/mol. The summed E-state index contributed by atoms with van der Waals surface area (Å²) in [4.78, 5) is 27.0. The summed E-state index contributed by atoms with van der Waals surface area (Å²) in [6, 6.07) is 11.3. The Balaban J connectivity index is 1.18. The molecule has 0 spiro atoms. The van der Waals surface area contributed by atoms with E-state index in [1.165, 1.54) is 11.1 Å². The highest BCUT2D eigenvalue weighted by molar-refractivity contribution is 5.79. The fraction of sp³-hybridized carbons (Fsp3) is 0.552. The van der Waals surface area contributed by atoms with E-state index in [0.717, 1.165) is 93.2 Å². The number of benzene rings is 1. The van der Waals surface area contributed by atoms with Crippen LogP contribution in [0.3, 0.4) is 0 Å². The maximum Gasteiger partial charge on any atom is 0.225 e. The van der Waals surface area contributed by atoms with Crippen molar-refractivity contribution in [3.8, 4) is 0 Å². The zero-order valence-electron chi connectivity index (χ0n) is 22.3. The van der Waals surface area contributed by atoms with Crippen LogP contribution in [0.15, 0.2) is 30.3 Å². The highest BCUT2D eigenvalue weighted by Gasteiger charge is 2.30. The molecule has 1 saturated carbocycles. The smallest absolute Gasteiger partial charge is 0.225 e. The fourth-order valence-corrected chi connectivity index (χ4v) is 5.78. The summed E-state index contributed by atoms with van der Waals surface area (Å²) < 4.78 is 2.26. The van der Waals surface area contributed by atoms with E-state index in [1.54, 1.807) is 0 Å². The van der Waals surface area contributed by atoms with E-state index >= 15 is 0 Å². The second-order valence-corrected chi connectivity index (χ2v) is 10.7. The molecule has 0 radical (unpaired) electrons. The van der Waals surface area contributed by atoms with Crippen molar-refractivity contribution in [2.75, 3.05) is 38.5 Å². The average molecular weight is 489 g/mol. The summed E-state index contributed by atoms with van der Waals surface area (Å²) in [7, 11) is 2.13. The fourth-order valence-electron chi connectivity index (χ4n) is 5.78. The van der Waals surface area contributed by atoms with Gasteiger partial charge in [-0.25, -0.2) is 9.97 Å². The average Bonchev–Trinajstić information content (AvgIpc) is 3.23. The number of hydrogen-bond donors (Lipinski definition) is 1. The normalized spacial score (nSPS) is 21.2. The van der Waals surface area contributed by atoms with Gasteiger partial charge < -0.3 is 19.7 Å². The molecule has 3 aromatic rings. The number of fused-ring (bicyclic) bond motifs is 1. The van der Waals surface area contributed by atoms with Gasteiger partial charge in [0, 0.05) is 55.9 Å². The predicted molar refractivity (Wildman–Crippen MR) is 145 cm³/mol. The van der Waals surface area contributed by atoms with Crippen LogP contribution in [-0.2, 0) is 17.8 Å². The zero-order chi connectivity index (χ0) is 25.2. The number of carbonyl (C=O) groups is 1. The lowest BCUT2D eigenvalue weighted by Gasteiger charge is -2.36. The number of nitrogens with zero attached hydrogens (tertiary/aromatic N) is 5. The third-order valence-electron chi connectivity index (χ3n) is 7.97. The van der Waals surface area contributed by atoms with Crippen molar-refractivity contribution >= 4 is 22.8 Å². The highest BCUT2D eigenvalue weighted by atomic mass is 16.2. The molecule has 36 heavy (non-hydrogen) atoms. The van der Waals surface area contributed by atoms with Gasteiger partial charge in [-0.05, 0) is 75.9 Å². The van der Waals surface area contributed by atoms with Crippen molar-refractivity contribution in [3.63, 3.8) is 0 Å². The van der Waals surface area contributed by atoms with Crippen LogP contribution in [0.2, 0.25) is 0 Å². The Morgan fingerprint density at radius 2 is 1.69 bits per heavy atom. The van der Waals surface area contributed by atoms with E-state index in [4.69, 9.17) is 9.97 Å². The quantitative estimate of drug-likeness (QED) is 0.557. The maximum absolute atomic E-state index is 12.9. The third kappa shape index (κ3) is 5.26. The molecule has 2 aromatic heterocycles. The van der Waals surface area contributed by atoms with Gasteiger partial charge in [0.25, 0.3) is 0 Å². The maximum atomic E-state index is 12.9. The van der Waals surface area contributed by atoms with E-state index in [2.05, 4.69) is 70.9 Å². The molecule has 7 heteroatoms. The lowest BCUT2D eigenvalue weighted by Crippen LogP contribution is -2.49. The predicted octanol–water partition coefficient (Wildman–Crippen LogP) is 4.40. The van der Waals surface area contributed by atoms with Gasteiger partial charge in [0.05, 0.1) is 6.54 Å². The van der Waals surface area contributed by atoms with Gasteiger partial charge in [0.2, 0.25) is 5.91 Å². The summed E-state index contributed by atoms with van der Waals surface area (Å²) in [5.74, 6) is 1.66. The lowest BCUT2D eigenvalue weighted by molar-refractivity contribution is -0.138. The number of aromatic nitrogens is 3. The molecule has 0 atom stereocenters. The standard InChI is InChI=1S/C29H40N6O/c1-5-26-32-27-20(2)18-21(3)30-28(27)35(26)19-22-6-10-24(11-7-22)31-25-12-8-23(9-13-25)29(36)34-16-14-33(4)15-17-34/h6-7,10-11,18,23,25,31H,5,8-9,12-17,19H2,1-4H3/t23-,25+. The first-order valence-corrected chi connectivity index (χ1v) is 13.6. The van der Waals surface area contributed by atoms with Crippen molar-refractivity contribution < 1.29 is 4.79 Å². The van der Waals surface area contributed by atoms with Crippen LogP contribution in [-0.4, -0.2) is 69.5 Å². The number of nitrogens with one attached hydrogen (secondary N) is 1. The van der Waals surface area contributed by atoms with Gasteiger partial charge in [-0.3, -0.25) is 4.79 Å². The molecule has 1 aliphatic heterocycles. The number of amides is 1. The summed E-state index contributed by atoms with van der Waals surface area (Å²) in [6.45, 7) is 10.8. The Hall–Kier alpha value is -2.93. The molecule has 1 amide bonds. The molecule has 2 aliphatic rings. The van der Waals surface area contributed by atoms with Crippen molar-refractivity contribution in [1.82, 2.24) is 24.3 Å². The second kappa shape index (κ2) is 10.6. The van der Waals surface area contributed by atoms with Crippen LogP contribution in [0.1, 0.15) is 55.3 Å². The number of aryl methyl sites for hydroxylation is 3. The lowest BCUT2D eigenvalue weighted by atomic mass is 9.85. The van der Waals surface area contributed by atoms with Crippen LogP contribution >= 0.6 is 0 Å². The van der Waals surface area contributed by atoms with Gasteiger partial charge in [0.15, 0.2) is 5.65 Å². The van der Waals surface area contributed by atoms with Crippen molar-refractivity contribution in [2.24, 2.45) is 5.92 Å². The minimum absolute atomic E-state index is 0.201. The highest BCUT2D eigenvalue weighted by Crippen LogP contribution is 2.29. The largest absolute Gasteiger partial charge is 0.382 e. The molecule has 192 valence electrons. The van der Waals surface area contributed by atoms with E-state index in [1.807, 2.05) is 6.92 Å². The number of pyridine rings is 1.